The standard InChI is InChI=1S/C26H38ClF/c1-3-4-5-6-7-8-23-17-18-24(25(27)26(23)28)22-15-13-21(14-16-22)20-11-9-19(2)10-12-20/h15,17-21H,3-14,16H2,1-2H3. The van der Waals surface area contributed by atoms with Crippen LogP contribution in [0.2, 0.25) is 5.02 Å². The van der Waals surface area contributed by atoms with E-state index in [9.17, 15) is 4.39 Å². The highest BCUT2D eigenvalue weighted by atomic mass is 35.5. The van der Waals surface area contributed by atoms with E-state index < -0.39 is 0 Å². The van der Waals surface area contributed by atoms with Crippen LogP contribution in [-0.4, -0.2) is 0 Å². The number of unbranched alkanes of at least 4 members (excludes halogenated alkanes) is 4. The van der Waals surface area contributed by atoms with Crippen LogP contribution in [0.25, 0.3) is 5.57 Å². The molecule has 2 aliphatic carbocycles. The zero-order valence-corrected chi connectivity index (χ0v) is 18.7. The van der Waals surface area contributed by atoms with Crippen LogP contribution in [0.4, 0.5) is 4.39 Å². The largest absolute Gasteiger partial charge is 0.205 e. The third kappa shape index (κ3) is 5.62. The Bertz CT molecular complexity index is 655. The molecule has 0 radical (unpaired) electrons. The normalized spacial score (nSPS) is 25.6. The van der Waals surface area contributed by atoms with E-state index in [4.69, 9.17) is 11.6 Å². The second kappa shape index (κ2) is 10.8. The van der Waals surface area contributed by atoms with Gasteiger partial charge < -0.3 is 0 Å². The summed E-state index contributed by atoms with van der Waals surface area (Å²) in [5.74, 6) is 2.45. The van der Waals surface area contributed by atoms with Crippen LogP contribution in [0.3, 0.4) is 0 Å². The Morgan fingerprint density at radius 1 is 0.964 bits per heavy atom. The lowest BCUT2D eigenvalue weighted by Crippen LogP contribution is -2.22. The third-order valence-corrected chi connectivity index (χ3v) is 7.61. The van der Waals surface area contributed by atoms with Crippen LogP contribution in [-0.2, 0) is 6.42 Å². The van der Waals surface area contributed by atoms with Gasteiger partial charge in [-0.25, -0.2) is 4.39 Å². The molecule has 1 aromatic carbocycles. The van der Waals surface area contributed by atoms with Gasteiger partial charge in [0.05, 0.1) is 5.02 Å². The molecule has 0 N–H and O–H groups in total. The van der Waals surface area contributed by atoms with E-state index in [0.29, 0.717) is 5.02 Å². The minimum absolute atomic E-state index is 0.182. The number of benzene rings is 1. The van der Waals surface area contributed by atoms with E-state index in [0.717, 1.165) is 54.6 Å². The average molecular weight is 405 g/mol. The summed E-state index contributed by atoms with van der Waals surface area (Å²) in [7, 11) is 0. The van der Waals surface area contributed by atoms with Gasteiger partial charge in [-0.1, -0.05) is 82.2 Å². The maximum Gasteiger partial charge on any atom is 0.145 e. The summed E-state index contributed by atoms with van der Waals surface area (Å²) < 4.78 is 14.8. The second-order valence-corrected chi connectivity index (χ2v) is 9.73. The molecule has 0 aliphatic heterocycles. The molecule has 0 bridgehead atoms. The fourth-order valence-corrected chi connectivity index (χ4v) is 5.54. The average Bonchev–Trinajstić information content (AvgIpc) is 2.72. The first kappa shape index (κ1) is 21.9. The van der Waals surface area contributed by atoms with Crippen molar-refractivity contribution in [1.29, 1.82) is 0 Å². The molecule has 28 heavy (non-hydrogen) atoms. The van der Waals surface area contributed by atoms with Crippen LogP contribution in [0.15, 0.2) is 18.2 Å². The Kier molecular flexibility index (Phi) is 8.45. The molecule has 1 fully saturated rings. The summed E-state index contributed by atoms with van der Waals surface area (Å²) in [6.07, 6.45) is 18.2. The number of rotatable bonds is 8. The second-order valence-electron chi connectivity index (χ2n) is 9.35. The van der Waals surface area contributed by atoms with Crippen molar-refractivity contribution in [1.82, 2.24) is 0 Å². The Balaban J connectivity index is 1.58. The van der Waals surface area contributed by atoms with Gasteiger partial charge in [-0.3, -0.25) is 0 Å². The molecule has 0 amide bonds. The maximum absolute atomic E-state index is 14.8. The van der Waals surface area contributed by atoms with Crippen molar-refractivity contribution in [3.05, 3.63) is 40.2 Å². The monoisotopic (exact) mass is 404 g/mol. The van der Waals surface area contributed by atoms with Crippen molar-refractivity contribution >= 4 is 17.2 Å². The Morgan fingerprint density at radius 3 is 2.39 bits per heavy atom. The van der Waals surface area contributed by atoms with Crippen LogP contribution < -0.4 is 0 Å². The highest BCUT2D eigenvalue weighted by Crippen LogP contribution is 2.42. The minimum atomic E-state index is -0.182. The third-order valence-electron chi connectivity index (χ3n) is 7.24. The zero-order valence-electron chi connectivity index (χ0n) is 17.9. The predicted octanol–water partition coefficient (Wildman–Crippen LogP) is 9.00. The van der Waals surface area contributed by atoms with E-state index in [2.05, 4.69) is 26.0 Å². The molecule has 0 spiro atoms. The molecule has 0 heterocycles. The van der Waals surface area contributed by atoms with Gasteiger partial charge in [0, 0.05) is 0 Å². The number of hydrogen-bond donors (Lipinski definition) is 0. The van der Waals surface area contributed by atoms with Gasteiger partial charge in [-0.05, 0) is 79.4 Å². The molecule has 0 aromatic heterocycles. The first-order valence-corrected chi connectivity index (χ1v) is 12.1. The summed E-state index contributed by atoms with van der Waals surface area (Å²) in [5.41, 5.74) is 2.99. The van der Waals surface area contributed by atoms with Crippen molar-refractivity contribution in [2.24, 2.45) is 17.8 Å². The summed E-state index contributed by atoms with van der Waals surface area (Å²) in [5, 5.41) is 0.349. The molecule has 0 saturated heterocycles. The first-order chi connectivity index (χ1) is 13.6. The van der Waals surface area contributed by atoms with Gasteiger partial charge in [0.15, 0.2) is 0 Å². The topological polar surface area (TPSA) is 0 Å². The van der Waals surface area contributed by atoms with Gasteiger partial charge >= 0.3 is 0 Å². The summed E-state index contributed by atoms with van der Waals surface area (Å²) in [6.45, 7) is 4.61. The lowest BCUT2D eigenvalue weighted by Gasteiger charge is -2.34. The van der Waals surface area contributed by atoms with Crippen molar-refractivity contribution in [2.45, 2.75) is 97.3 Å². The fourth-order valence-electron chi connectivity index (χ4n) is 5.23. The number of hydrogen-bond acceptors (Lipinski definition) is 0. The van der Waals surface area contributed by atoms with E-state index >= 15 is 0 Å². The lowest BCUT2D eigenvalue weighted by atomic mass is 9.71. The highest BCUT2D eigenvalue weighted by molar-refractivity contribution is 6.32. The molecule has 156 valence electrons. The minimum Gasteiger partial charge on any atom is -0.205 e. The smallest absolute Gasteiger partial charge is 0.145 e. The Labute approximate surface area is 176 Å². The molecule has 2 aliphatic rings. The Morgan fingerprint density at radius 2 is 1.71 bits per heavy atom. The highest BCUT2D eigenvalue weighted by Gasteiger charge is 2.28. The molecule has 0 nitrogen and oxygen atoms in total. The van der Waals surface area contributed by atoms with Gasteiger partial charge in [0.25, 0.3) is 0 Å². The van der Waals surface area contributed by atoms with E-state index in [1.54, 1.807) is 0 Å². The van der Waals surface area contributed by atoms with Crippen molar-refractivity contribution in [3.63, 3.8) is 0 Å². The Hall–Kier alpha value is -0.820. The predicted molar refractivity (Wildman–Crippen MR) is 120 cm³/mol. The lowest BCUT2D eigenvalue weighted by molar-refractivity contribution is 0.202. The first-order valence-electron chi connectivity index (χ1n) is 11.8. The van der Waals surface area contributed by atoms with Crippen molar-refractivity contribution in [3.8, 4) is 0 Å². The van der Waals surface area contributed by atoms with Gasteiger partial charge in [-0.2, -0.15) is 0 Å². The number of halogens is 2. The molecular weight excluding hydrogens is 367 g/mol. The molecule has 1 saturated carbocycles. The van der Waals surface area contributed by atoms with Crippen molar-refractivity contribution < 1.29 is 4.39 Å². The van der Waals surface area contributed by atoms with E-state index in [1.165, 1.54) is 63.4 Å². The summed E-state index contributed by atoms with van der Waals surface area (Å²) >= 11 is 6.48. The van der Waals surface area contributed by atoms with E-state index in [-0.39, 0.29) is 5.82 Å². The quantitative estimate of drug-likeness (QED) is 0.379. The maximum atomic E-state index is 14.8. The number of allylic oxidation sites excluding steroid dienone is 2. The van der Waals surface area contributed by atoms with Gasteiger partial charge in [0.1, 0.15) is 5.82 Å². The zero-order chi connectivity index (χ0) is 19.9. The fraction of sp³-hybridized carbons (Fsp3) is 0.692. The van der Waals surface area contributed by atoms with Gasteiger partial charge in [-0.15, -0.1) is 0 Å². The summed E-state index contributed by atoms with van der Waals surface area (Å²) in [6, 6.07) is 4.05. The molecule has 1 unspecified atom stereocenters. The molecule has 1 atom stereocenters. The van der Waals surface area contributed by atoms with Crippen LogP contribution in [0, 0.1) is 23.6 Å². The van der Waals surface area contributed by atoms with Crippen LogP contribution in [0.5, 0.6) is 0 Å². The van der Waals surface area contributed by atoms with Crippen LogP contribution in [0.1, 0.15) is 102 Å². The molecule has 1 aromatic rings. The van der Waals surface area contributed by atoms with Crippen LogP contribution >= 0.6 is 11.6 Å². The molecular formula is C26H38ClF. The molecule has 3 rings (SSSR count). The van der Waals surface area contributed by atoms with Crippen molar-refractivity contribution in [2.75, 3.05) is 0 Å². The van der Waals surface area contributed by atoms with E-state index in [1.807, 2.05) is 6.07 Å². The molecule has 2 heteroatoms. The van der Waals surface area contributed by atoms with Gasteiger partial charge in [0.2, 0.25) is 0 Å². The SMILES string of the molecule is CCCCCCCc1ccc(C2=CCC(C3CCC(C)CC3)CC2)c(Cl)c1F. The number of aryl methyl sites for hydroxylation is 1. The summed E-state index contributed by atoms with van der Waals surface area (Å²) in [4.78, 5) is 0.